The maximum absolute atomic E-state index is 12.4. The molecule has 0 aliphatic carbocycles. The van der Waals surface area contributed by atoms with Crippen LogP contribution < -0.4 is 10.1 Å². The van der Waals surface area contributed by atoms with Crippen molar-refractivity contribution in [2.45, 2.75) is 33.4 Å². The van der Waals surface area contributed by atoms with Gasteiger partial charge in [0.25, 0.3) is 5.91 Å². The number of hydrogen-bond donors (Lipinski definition) is 1. The summed E-state index contributed by atoms with van der Waals surface area (Å²) in [6, 6.07) is 12.9. The van der Waals surface area contributed by atoms with Crippen molar-refractivity contribution in [3.63, 3.8) is 0 Å². The van der Waals surface area contributed by atoms with E-state index in [4.69, 9.17) is 21.3 Å². The van der Waals surface area contributed by atoms with Gasteiger partial charge in [-0.25, -0.2) is 4.98 Å². The average Bonchev–Trinajstić information content (AvgIpc) is 3.15. The normalized spacial score (nSPS) is 15.1. The number of amides is 1. The smallest absolute Gasteiger partial charge is 0.262 e. The number of carbonyl (C=O) groups is 1. The number of halogens is 1. The number of piperazine rings is 1. The Labute approximate surface area is 200 Å². The Morgan fingerprint density at radius 1 is 1.06 bits per heavy atom. The van der Waals surface area contributed by atoms with Gasteiger partial charge < -0.3 is 19.5 Å². The van der Waals surface area contributed by atoms with Gasteiger partial charge in [0.1, 0.15) is 11.6 Å². The highest BCUT2D eigenvalue weighted by Gasteiger charge is 2.19. The van der Waals surface area contributed by atoms with Gasteiger partial charge in [-0.2, -0.15) is 0 Å². The zero-order valence-electron chi connectivity index (χ0n) is 19.4. The van der Waals surface area contributed by atoms with Crippen LogP contribution >= 0.6 is 11.6 Å². The van der Waals surface area contributed by atoms with Gasteiger partial charge >= 0.3 is 0 Å². The van der Waals surface area contributed by atoms with Crippen molar-refractivity contribution < 1.29 is 9.53 Å². The molecule has 0 radical (unpaired) electrons. The molecule has 1 aliphatic rings. The van der Waals surface area contributed by atoms with Gasteiger partial charge in [0.15, 0.2) is 6.61 Å². The highest BCUT2D eigenvalue weighted by atomic mass is 35.5. The van der Waals surface area contributed by atoms with Gasteiger partial charge in [-0.3, -0.25) is 9.69 Å². The number of fused-ring (bicyclic) bond motifs is 1. The van der Waals surface area contributed by atoms with Gasteiger partial charge in [0, 0.05) is 43.4 Å². The molecule has 8 heteroatoms. The molecular formula is C25H32ClN5O2. The van der Waals surface area contributed by atoms with Crippen LogP contribution in [-0.2, 0) is 17.9 Å². The minimum absolute atomic E-state index is 0.0705. The summed E-state index contributed by atoms with van der Waals surface area (Å²) in [6.07, 6.45) is 1.04. The predicted octanol–water partition coefficient (Wildman–Crippen LogP) is 4.25. The third kappa shape index (κ3) is 6.05. The quantitative estimate of drug-likeness (QED) is 0.507. The third-order valence-corrected chi connectivity index (χ3v) is 6.27. The van der Waals surface area contributed by atoms with Crippen LogP contribution in [0.15, 0.2) is 42.5 Å². The first-order chi connectivity index (χ1) is 16.1. The number of likely N-dealkylation sites (N-methyl/N-ethyl adjacent to an activating group) is 1. The number of imidazole rings is 1. The van der Waals surface area contributed by atoms with Crippen LogP contribution in [0.2, 0.25) is 5.02 Å². The summed E-state index contributed by atoms with van der Waals surface area (Å²) >= 11 is 5.88. The van der Waals surface area contributed by atoms with Crippen molar-refractivity contribution >= 4 is 34.2 Å². The van der Waals surface area contributed by atoms with Crippen molar-refractivity contribution in [1.82, 2.24) is 19.4 Å². The highest BCUT2D eigenvalue weighted by Crippen LogP contribution is 2.23. The van der Waals surface area contributed by atoms with Crippen LogP contribution in [0.25, 0.3) is 11.0 Å². The second kappa shape index (κ2) is 11.0. The molecule has 2 aromatic carbocycles. The van der Waals surface area contributed by atoms with E-state index in [0.717, 1.165) is 74.8 Å². The number of aromatic nitrogens is 2. The SMILES string of the molecule is CCCn1c(CN2CCN(CC)CC2)nc2cc(NC(=O)COc3ccc(Cl)cc3)ccc21. The first-order valence-electron chi connectivity index (χ1n) is 11.7. The van der Waals surface area contributed by atoms with Crippen molar-refractivity contribution in [2.75, 3.05) is 44.6 Å². The van der Waals surface area contributed by atoms with Crippen LogP contribution in [0.5, 0.6) is 5.75 Å². The molecule has 7 nitrogen and oxygen atoms in total. The van der Waals surface area contributed by atoms with E-state index in [9.17, 15) is 4.79 Å². The van der Waals surface area contributed by atoms with Crippen molar-refractivity contribution in [3.05, 3.63) is 53.3 Å². The van der Waals surface area contributed by atoms with Crippen LogP contribution in [0, 0.1) is 0 Å². The number of nitrogens with one attached hydrogen (secondary N) is 1. The summed E-state index contributed by atoms with van der Waals surface area (Å²) in [5.41, 5.74) is 2.73. The molecule has 0 bridgehead atoms. The maximum Gasteiger partial charge on any atom is 0.262 e. The van der Waals surface area contributed by atoms with Crippen LogP contribution in [-0.4, -0.2) is 64.6 Å². The standard InChI is InChI=1S/C25H32ClN5O2/c1-3-11-31-23-10-7-20(27-25(32)18-33-21-8-5-19(26)6-9-21)16-22(23)28-24(31)17-30-14-12-29(4-2)13-15-30/h5-10,16H,3-4,11-15,17-18H2,1-2H3,(H,27,32). The van der Waals surface area contributed by atoms with Crippen LogP contribution in [0.4, 0.5) is 5.69 Å². The fourth-order valence-corrected chi connectivity index (χ4v) is 4.32. The predicted molar refractivity (Wildman–Crippen MR) is 133 cm³/mol. The van der Waals surface area contributed by atoms with Gasteiger partial charge in [-0.05, 0) is 55.4 Å². The molecule has 1 amide bonds. The molecule has 4 rings (SSSR count). The van der Waals surface area contributed by atoms with Gasteiger partial charge in [0.2, 0.25) is 0 Å². The second-order valence-electron chi connectivity index (χ2n) is 8.38. The molecule has 1 saturated heterocycles. The van der Waals surface area contributed by atoms with E-state index in [1.165, 1.54) is 0 Å². The van der Waals surface area contributed by atoms with Gasteiger partial charge in [0.05, 0.1) is 17.6 Å². The molecular weight excluding hydrogens is 438 g/mol. The highest BCUT2D eigenvalue weighted by molar-refractivity contribution is 6.30. The lowest BCUT2D eigenvalue weighted by Crippen LogP contribution is -2.45. The number of ether oxygens (including phenoxy) is 1. The molecule has 0 saturated carbocycles. The summed E-state index contributed by atoms with van der Waals surface area (Å²) in [5, 5.41) is 3.54. The zero-order valence-corrected chi connectivity index (χ0v) is 20.1. The summed E-state index contributed by atoms with van der Waals surface area (Å²) < 4.78 is 7.85. The number of anilines is 1. The van der Waals surface area contributed by atoms with Crippen molar-refractivity contribution in [1.29, 1.82) is 0 Å². The molecule has 0 atom stereocenters. The number of carbonyl (C=O) groups excluding carboxylic acids is 1. The minimum Gasteiger partial charge on any atom is -0.484 e. The van der Waals surface area contributed by atoms with E-state index in [1.54, 1.807) is 24.3 Å². The van der Waals surface area contributed by atoms with Gasteiger partial charge in [-0.15, -0.1) is 0 Å². The Morgan fingerprint density at radius 3 is 2.48 bits per heavy atom. The first-order valence-corrected chi connectivity index (χ1v) is 12.1. The lowest BCUT2D eigenvalue weighted by Gasteiger charge is -2.33. The molecule has 3 aromatic rings. The monoisotopic (exact) mass is 469 g/mol. The van der Waals surface area contributed by atoms with E-state index < -0.39 is 0 Å². The molecule has 1 aromatic heterocycles. The fraction of sp³-hybridized carbons (Fsp3) is 0.440. The van der Waals surface area contributed by atoms with Gasteiger partial charge in [-0.1, -0.05) is 25.4 Å². The van der Waals surface area contributed by atoms with E-state index in [1.807, 2.05) is 18.2 Å². The molecule has 0 spiro atoms. The molecule has 1 aliphatic heterocycles. The first kappa shape index (κ1) is 23.5. The lowest BCUT2D eigenvalue weighted by molar-refractivity contribution is -0.118. The lowest BCUT2D eigenvalue weighted by atomic mass is 10.2. The van der Waals surface area contributed by atoms with E-state index >= 15 is 0 Å². The number of nitrogens with zero attached hydrogens (tertiary/aromatic N) is 4. The Balaban J connectivity index is 1.43. The van der Waals surface area contributed by atoms with Crippen molar-refractivity contribution in [3.8, 4) is 5.75 Å². The zero-order chi connectivity index (χ0) is 23.2. The number of aryl methyl sites for hydroxylation is 1. The Hall–Kier alpha value is -2.61. The van der Waals surface area contributed by atoms with E-state index in [2.05, 4.69) is 33.5 Å². The Bertz CT molecular complexity index is 1070. The van der Waals surface area contributed by atoms with E-state index in [-0.39, 0.29) is 12.5 Å². The molecule has 1 N–H and O–H groups in total. The molecule has 0 unspecified atom stereocenters. The van der Waals surface area contributed by atoms with Crippen LogP contribution in [0.3, 0.4) is 0 Å². The largest absolute Gasteiger partial charge is 0.484 e. The molecule has 2 heterocycles. The minimum atomic E-state index is -0.216. The fourth-order valence-electron chi connectivity index (χ4n) is 4.19. The maximum atomic E-state index is 12.4. The molecule has 1 fully saturated rings. The Kier molecular flexibility index (Phi) is 7.85. The second-order valence-corrected chi connectivity index (χ2v) is 8.82. The summed E-state index contributed by atoms with van der Waals surface area (Å²) in [4.78, 5) is 22.3. The van der Waals surface area contributed by atoms with Crippen molar-refractivity contribution in [2.24, 2.45) is 0 Å². The van der Waals surface area contributed by atoms with E-state index in [0.29, 0.717) is 10.8 Å². The third-order valence-electron chi connectivity index (χ3n) is 6.02. The summed E-state index contributed by atoms with van der Waals surface area (Å²) in [6.45, 7) is 11.6. The molecule has 33 heavy (non-hydrogen) atoms. The number of benzene rings is 2. The molecule has 176 valence electrons. The topological polar surface area (TPSA) is 62.6 Å². The Morgan fingerprint density at radius 2 is 1.79 bits per heavy atom. The number of hydrogen-bond acceptors (Lipinski definition) is 5. The summed E-state index contributed by atoms with van der Waals surface area (Å²) in [5.74, 6) is 1.48. The van der Waals surface area contributed by atoms with Crippen LogP contribution in [0.1, 0.15) is 26.1 Å². The average molecular weight is 470 g/mol. The summed E-state index contributed by atoms with van der Waals surface area (Å²) in [7, 11) is 0. The number of rotatable bonds is 9.